The van der Waals surface area contributed by atoms with Crippen molar-refractivity contribution >= 4 is 28.3 Å². The van der Waals surface area contributed by atoms with Crippen molar-refractivity contribution in [3.05, 3.63) is 35.3 Å². The summed E-state index contributed by atoms with van der Waals surface area (Å²) in [4.78, 5) is 35.8. The zero-order chi connectivity index (χ0) is 23.0. The highest BCUT2D eigenvalue weighted by atomic mass is 32.1. The molecule has 0 aromatic carbocycles. The molecule has 0 spiro atoms. The average molecular weight is 453 g/mol. The molecule has 3 heterocycles. The number of rotatable bonds is 6. The summed E-state index contributed by atoms with van der Waals surface area (Å²) in [6.45, 7) is 6.20. The fraction of sp³-hybridized carbons (Fsp3) is 0.435. The molecular weight excluding hydrogens is 424 g/mol. The first-order valence-corrected chi connectivity index (χ1v) is 11.6. The highest BCUT2D eigenvalue weighted by Gasteiger charge is 2.30. The quantitative estimate of drug-likeness (QED) is 0.613. The number of pyridine rings is 1. The second-order valence-electron chi connectivity index (χ2n) is 8.53. The maximum atomic E-state index is 12.4. The lowest BCUT2D eigenvalue weighted by molar-refractivity contribution is -0.130. The number of thiazole rings is 1. The summed E-state index contributed by atoms with van der Waals surface area (Å²) in [5.74, 6) is -0.266. The van der Waals surface area contributed by atoms with Gasteiger partial charge >= 0.3 is 0 Å². The second-order valence-corrected chi connectivity index (χ2v) is 9.53. The third-order valence-electron chi connectivity index (χ3n) is 5.52. The molecule has 0 saturated heterocycles. The van der Waals surface area contributed by atoms with Crippen LogP contribution in [-0.4, -0.2) is 50.6 Å². The molecule has 8 nitrogen and oxygen atoms in total. The monoisotopic (exact) mass is 452 g/mol. The molecule has 0 bridgehead atoms. The Morgan fingerprint density at radius 3 is 2.66 bits per heavy atom. The molecule has 3 aromatic heterocycles. The van der Waals surface area contributed by atoms with E-state index in [4.69, 9.17) is 5.10 Å². The van der Waals surface area contributed by atoms with Crippen LogP contribution in [0.4, 0.5) is 5.13 Å². The molecule has 32 heavy (non-hydrogen) atoms. The van der Waals surface area contributed by atoms with E-state index >= 15 is 0 Å². The van der Waals surface area contributed by atoms with Gasteiger partial charge in [-0.05, 0) is 45.7 Å². The lowest BCUT2D eigenvalue weighted by Crippen LogP contribution is -2.23. The second kappa shape index (κ2) is 8.82. The summed E-state index contributed by atoms with van der Waals surface area (Å²) >= 11 is 1.47. The molecule has 168 valence electrons. The standard InChI is InChI=1S/C23H28N6O2S/c1-13(2)29-21-16(20(27-29)15-7-6-14(3)24-12-15)8-9-17-22(21)32-23(25-17)26-18(30)10-11-19(31)28(4)5/h6-7,12-13H,8-11H2,1-5H3,(H,25,26,30). The highest BCUT2D eigenvalue weighted by molar-refractivity contribution is 7.19. The van der Waals surface area contributed by atoms with Crippen LogP contribution in [0.2, 0.25) is 0 Å². The predicted octanol–water partition coefficient (Wildman–Crippen LogP) is 3.86. The molecule has 3 aromatic rings. The summed E-state index contributed by atoms with van der Waals surface area (Å²) in [6, 6.07) is 4.25. The van der Waals surface area contributed by atoms with E-state index < -0.39 is 0 Å². The van der Waals surface area contributed by atoms with Crippen LogP contribution in [-0.2, 0) is 22.4 Å². The maximum absolute atomic E-state index is 12.4. The summed E-state index contributed by atoms with van der Waals surface area (Å²) in [5, 5.41) is 8.40. The van der Waals surface area contributed by atoms with Crippen molar-refractivity contribution in [2.24, 2.45) is 0 Å². The van der Waals surface area contributed by atoms with Crippen LogP contribution < -0.4 is 5.32 Å². The largest absolute Gasteiger partial charge is 0.349 e. The van der Waals surface area contributed by atoms with Crippen LogP contribution in [0.5, 0.6) is 0 Å². The van der Waals surface area contributed by atoms with Crippen LogP contribution in [0.3, 0.4) is 0 Å². The van der Waals surface area contributed by atoms with Gasteiger partial charge in [0.15, 0.2) is 5.13 Å². The SMILES string of the molecule is Cc1ccc(-c2nn(C(C)C)c3c2CCc2nc(NC(=O)CCC(=O)N(C)C)sc2-3)cn1. The topological polar surface area (TPSA) is 93.0 Å². The van der Waals surface area contributed by atoms with Crippen LogP contribution in [0.1, 0.15) is 49.7 Å². The third-order valence-corrected chi connectivity index (χ3v) is 6.54. The van der Waals surface area contributed by atoms with Gasteiger partial charge in [0.05, 0.1) is 22.0 Å². The maximum Gasteiger partial charge on any atom is 0.226 e. The van der Waals surface area contributed by atoms with Crippen LogP contribution in [0.25, 0.3) is 21.8 Å². The van der Waals surface area contributed by atoms with Gasteiger partial charge in [-0.2, -0.15) is 5.10 Å². The van der Waals surface area contributed by atoms with Gasteiger partial charge < -0.3 is 10.2 Å². The van der Waals surface area contributed by atoms with E-state index in [2.05, 4.69) is 39.9 Å². The third kappa shape index (κ3) is 4.29. The molecule has 1 aliphatic carbocycles. The number of anilines is 1. The smallest absolute Gasteiger partial charge is 0.226 e. The predicted molar refractivity (Wildman–Crippen MR) is 126 cm³/mol. The van der Waals surface area contributed by atoms with E-state index in [1.807, 2.05) is 19.2 Å². The van der Waals surface area contributed by atoms with Crippen molar-refractivity contribution in [1.29, 1.82) is 0 Å². The van der Waals surface area contributed by atoms with Gasteiger partial charge in [0, 0.05) is 56.0 Å². The first-order chi connectivity index (χ1) is 15.2. The van der Waals surface area contributed by atoms with Gasteiger partial charge in [-0.15, -0.1) is 0 Å². The van der Waals surface area contributed by atoms with E-state index in [1.54, 1.807) is 14.1 Å². The van der Waals surface area contributed by atoms with Crippen molar-refractivity contribution in [2.75, 3.05) is 19.4 Å². The normalized spacial score (nSPS) is 12.4. The van der Waals surface area contributed by atoms with Crippen LogP contribution in [0, 0.1) is 6.92 Å². The zero-order valence-corrected chi connectivity index (χ0v) is 19.9. The fourth-order valence-corrected chi connectivity index (χ4v) is 4.88. The van der Waals surface area contributed by atoms with Crippen molar-refractivity contribution < 1.29 is 9.59 Å². The molecule has 0 aliphatic heterocycles. The minimum Gasteiger partial charge on any atom is -0.349 e. The number of nitrogens with zero attached hydrogens (tertiary/aromatic N) is 5. The summed E-state index contributed by atoms with van der Waals surface area (Å²) < 4.78 is 2.06. The van der Waals surface area contributed by atoms with Gasteiger partial charge in [-0.1, -0.05) is 11.3 Å². The Labute approximate surface area is 191 Å². The Balaban J connectivity index is 1.64. The number of aryl methyl sites for hydroxylation is 2. The molecule has 0 fully saturated rings. The molecule has 0 unspecified atom stereocenters. The Morgan fingerprint density at radius 1 is 1.22 bits per heavy atom. The number of aromatic nitrogens is 4. The fourth-order valence-electron chi connectivity index (χ4n) is 3.79. The van der Waals surface area contributed by atoms with E-state index in [0.717, 1.165) is 46.1 Å². The average Bonchev–Trinajstić information content (AvgIpc) is 3.33. The van der Waals surface area contributed by atoms with Gasteiger partial charge in [0.2, 0.25) is 11.8 Å². The van der Waals surface area contributed by atoms with E-state index in [0.29, 0.717) is 5.13 Å². The Bertz CT molecular complexity index is 1160. The summed E-state index contributed by atoms with van der Waals surface area (Å²) in [5.41, 5.74) is 6.22. The highest BCUT2D eigenvalue weighted by Crippen LogP contribution is 2.44. The van der Waals surface area contributed by atoms with Crippen molar-refractivity contribution in [3.63, 3.8) is 0 Å². The molecule has 4 rings (SSSR count). The molecule has 2 amide bonds. The van der Waals surface area contributed by atoms with Gasteiger partial charge in [0.1, 0.15) is 0 Å². The van der Waals surface area contributed by atoms with E-state index in [1.165, 1.54) is 21.8 Å². The number of hydrogen-bond donors (Lipinski definition) is 1. The van der Waals surface area contributed by atoms with Crippen LogP contribution in [0.15, 0.2) is 18.3 Å². The Kier molecular flexibility index (Phi) is 6.10. The molecule has 9 heteroatoms. The summed E-state index contributed by atoms with van der Waals surface area (Å²) in [6.07, 6.45) is 3.84. The lowest BCUT2D eigenvalue weighted by Gasteiger charge is -2.15. The van der Waals surface area contributed by atoms with Crippen molar-refractivity contribution in [3.8, 4) is 21.8 Å². The first-order valence-electron chi connectivity index (χ1n) is 10.8. The van der Waals surface area contributed by atoms with Crippen molar-refractivity contribution in [2.45, 2.75) is 52.5 Å². The number of nitrogens with one attached hydrogen (secondary N) is 1. The minimum absolute atomic E-state index is 0.0674. The van der Waals surface area contributed by atoms with Gasteiger partial charge in [-0.3, -0.25) is 19.3 Å². The number of hydrogen-bond acceptors (Lipinski definition) is 6. The molecule has 0 atom stereocenters. The Morgan fingerprint density at radius 2 is 2.00 bits per heavy atom. The van der Waals surface area contributed by atoms with Gasteiger partial charge in [-0.25, -0.2) is 4.98 Å². The molecule has 1 N–H and O–H groups in total. The number of fused-ring (bicyclic) bond motifs is 3. The van der Waals surface area contributed by atoms with Crippen molar-refractivity contribution in [1.82, 2.24) is 24.6 Å². The number of carbonyl (C=O) groups excluding carboxylic acids is 2. The number of carbonyl (C=O) groups is 2. The van der Waals surface area contributed by atoms with E-state index in [9.17, 15) is 9.59 Å². The van der Waals surface area contributed by atoms with Gasteiger partial charge in [0.25, 0.3) is 0 Å². The molecular formula is C23H28N6O2S. The molecule has 0 saturated carbocycles. The number of amides is 2. The first kappa shape index (κ1) is 22.1. The molecule has 1 aliphatic rings. The molecule has 0 radical (unpaired) electrons. The zero-order valence-electron chi connectivity index (χ0n) is 19.1. The van der Waals surface area contributed by atoms with E-state index in [-0.39, 0.29) is 30.7 Å². The Hall–Kier alpha value is -3.07. The summed E-state index contributed by atoms with van der Waals surface area (Å²) in [7, 11) is 3.37. The lowest BCUT2D eigenvalue weighted by atomic mass is 9.95. The minimum atomic E-state index is -0.199. The van der Waals surface area contributed by atoms with Crippen LogP contribution >= 0.6 is 11.3 Å².